The maximum atomic E-state index is 11.5. The molecule has 0 spiro atoms. The van der Waals surface area contributed by atoms with E-state index in [0.717, 1.165) is 37.4 Å². The number of aliphatic carboxylic acids is 1. The number of hydrogen-bond acceptors (Lipinski definition) is 3. The summed E-state index contributed by atoms with van der Waals surface area (Å²) in [7, 11) is 0. The fraction of sp³-hybridized carbons (Fsp3) is 0.938. The molecule has 2 N–H and O–H groups in total. The van der Waals surface area contributed by atoms with Gasteiger partial charge in [0.25, 0.3) is 0 Å². The molecule has 1 aliphatic heterocycles. The molecule has 4 aliphatic carbocycles. The summed E-state index contributed by atoms with van der Waals surface area (Å²) in [4.78, 5) is 13.7. The van der Waals surface area contributed by atoms with E-state index in [2.05, 4.69) is 10.2 Å². The van der Waals surface area contributed by atoms with Gasteiger partial charge >= 0.3 is 5.97 Å². The first kappa shape index (κ1) is 13.1. The Kier molecular flexibility index (Phi) is 3.08. The van der Waals surface area contributed by atoms with E-state index < -0.39 is 5.97 Å². The van der Waals surface area contributed by atoms with Crippen molar-refractivity contribution in [3.05, 3.63) is 0 Å². The quantitative estimate of drug-likeness (QED) is 0.822. The van der Waals surface area contributed by atoms with Crippen molar-refractivity contribution in [2.45, 2.75) is 44.6 Å². The number of nitrogens with zero attached hydrogens (tertiary/aromatic N) is 1. The maximum Gasteiger partial charge on any atom is 0.322 e. The van der Waals surface area contributed by atoms with Crippen molar-refractivity contribution in [2.75, 3.05) is 26.2 Å². The first-order valence-electron chi connectivity index (χ1n) is 8.31. The minimum absolute atomic E-state index is 0.309. The van der Waals surface area contributed by atoms with E-state index in [1.165, 1.54) is 38.5 Å². The predicted octanol–water partition coefficient (Wildman–Crippen LogP) is 1.56. The number of nitrogens with one attached hydrogen (secondary N) is 1. The first-order valence-corrected chi connectivity index (χ1v) is 8.31. The van der Waals surface area contributed by atoms with E-state index in [9.17, 15) is 9.90 Å². The highest BCUT2D eigenvalue weighted by molar-refractivity contribution is 5.74. The van der Waals surface area contributed by atoms with Crippen LogP contribution >= 0.6 is 0 Å². The molecule has 4 saturated carbocycles. The molecule has 0 radical (unpaired) electrons. The highest BCUT2D eigenvalue weighted by Crippen LogP contribution is 2.60. The Hall–Kier alpha value is -0.610. The molecule has 4 nitrogen and oxygen atoms in total. The third-order valence-electron chi connectivity index (χ3n) is 6.34. The van der Waals surface area contributed by atoms with E-state index in [1.807, 2.05) is 0 Å². The number of carboxylic acids is 1. The summed E-state index contributed by atoms with van der Waals surface area (Å²) in [5, 5.41) is 12.7. The predicted molar refractivity (Wildman–Crippen MR) is 76.5 cm³/mol. The van der Waals surface area contributed by atoms with Gasteiger partial charge in [-0.05, 0) is 61.7 Å². The zero-order chi connectivity index (χ0) is 13.7. The van der Waals surface area contributed by atoms with Gasteiger partial charge in [0.1, 0.15) is 6.04 Å². The molecular weight excluding hydrogens is 252 g/mol. The van der Waals surface area contributed by atoms with Crippen molar-refractivity contribution in [2.24, 2.45) is 23.2 Å². The van der Waals surface area contributed by atoms with Gasteiger partial charge in [0, 0.05) is 26.2 Å². The number of rotatable bonds is 3. The minimum Gasteiger partial charge on any atom is -0.480 e. The second kappa shape index (κ2) is 4.70. The molecule has 1 unspecified atom stereocenters. The van der Waals surface area contributed by atoms with Crippen LogP contribution in [0.15, 0.2) is 0 Å². The summed E-state index contributed by atoms with van der Waals surface area (Å²) >= 11 is 0. The molecule has 0 aromatic heterocycles. The van der Waals surface area contributed by atoms with E-state index in [4.69, 9.17) is 0 Å². The van der Waals surface area contributed by atoms with Gasteiger partial charge in [-0.15, -0.1) is 0 Å². The van der Waals surface area contributed by atoms with Gasteiger partial charge in [0.05, 0.1) is 0 Å². The van der Waals surface area contributed by atoms with Crippen LogP contribution in [0, 0.1) is 23.2 Å². The topological polar surface area (TPSA) is 52.6 Å². The van der Waals surface area contributed by atoms with E-state index >= 15 is 0 Å². The molecular formula is C16H26N2O2. The Balaban J connectivity index is 1.51. The average Bonchev–Trinajstić information content (AvgIpc) is 2.36. The van der Waals surface area contributed by atoms with Crippen molar-refractivity contribution in [1.82, 2.24) is 10.2 Å². The molecule has 112 valence electrons. The number of piperazine rings is 1. The van der Waals surface area contributed by atoms with Crippen LogP contribution in [0.4, 0.5) is 0 Å². The minimum atomic E-state index is -0.651. The monoisotopic (exact) mass is 278 g/mol. The highest BCUT2D eigenvalue weighted by atomic mass is 16.4. The van der Waals surface area contributed by atoms with Crippen molar-refractivity contribution in [3.63, 3.8) is 0 Å². The van der Waals surface area contributed by atoms with Crippen molar-refractivity contribution >= 4 is 5.97 Å². The third kappa shape index (κ3) is 2.17. The van der Waals surface area contributed by atoms with Crippen LogP contribution in [-0.4, -0.2) is 48.2 Å². The largest absolute Gasteiger partial charge is 0.480 e. The summed E-state index contributed by atoms with van der Waals surface area (Å²) in [6.07, 6.45) is 8.50. The van der Waals surface area contributed by atoms with Gasteiger partial charge in [-0.2, -0.15) is 0 Å². The molecule has 4 bridgehead atoms. The van der Waals surface area contributed by atoms with Gasteiger partial charge in [0.15, 0.2) is 0 Å². The first-order chi connectivity index (χ1) is 9.63. The van der Waals surface area contributed by atoms with Crippen LogP contribution in [0.5, 0.6) is 0 Å². The standard InChI is InChI=1S/C16H26N2O2/c19-15(20)14-9-17-1-2-18(14)10-16-6-11-3-12(7-16)5-13(4-11)8-16/h11-14,17H,1-10H2,(H,19,20). The second-order valence-corrected chi connectivity index (χ2v) is 7.95. The van der Waals surface area contributed by atoms with E-state index in [-0.39, 0.29) is 6.04 Å². The van der Waals surface area contributed by atoms with Crippen LogP contribution in [0.1, 0.15) is 38.5 Å². The van der Waals surface area contributed by atoms with Crippen molar-refractivity contribution in [3.8, 4) is 0 Å². The fourth-order valence-electron chi connectivity index (χ4n) is 6.09. The summed E-state index contributed by atoms with van der Waals surface area (Å²) < 4.78 is 0. The summed E-state index contributed by atoms with van der Waals surface area (Å²) in [6.45, 7) is 3.49. The molecule has 5 fully saturated rings. The van der Waals surface area contributed by atoms with Gasteiger partial charge in [0.2, 0.25) is 0 Å². The van der Waals surface area contributed by atoms with Crippen LogP contribution < -0.4 is 5.32 Å². The summed E-state index contributed by atoms with van der Waals surface area (Å²) in [5.74, 6) is 2.20. The molecule has 1 atom stereocenters. The van der Waals surface area contributed by atoms with Gasteiger partial charge in [-0.25, -0.2) is 0 Å². The van der Waals surface area contributed by atoms with Crippen LogP contribution in [0.25, 0.3) is 0 Å². The lowest BCUT2D eigenvalue weighted by molar-refractivity contribution is -0.146. The Labute approximate surface area is 120 Å². The maximum absolute atomic E-state index is 11.5. The molecule has 5 rings (SSSR count). The third-order valence-corrected chi connectivity index (χ3v) is 6.34. The second-order valence-electron chi connectivity index (χ2n) is 7.95. The lowest BCUT2D eigenvalue weighted by Gasteiger charge is -2.58. The molecule has 1 heterocycles. The Morgan fingerprint density at radius 3 is 2.30 bits per heavy atom. The number of hydrogen-bond donors (Lipinski definition) is 2. The van der Waals surface area contributed by atoms with Crippen LogP contribution in [-0.2, 0) is 4.79 Å². The molecule has 5 aliphatic rings. The molecule has 0 amide bonds. The Morgan fingerprint density at radius 1 is 1.15 bits per heavy atom. The summed E-state index contributed by atoms with van der Waals surface area (Å²) in [5.41, 5.74) is 0.458. The average molecular weight is 278 g/mol. The van der Waals surface area contributed by atoms with Crippen molar-refractivity contribution in [1.29, 1.82) is 0 Å². The zero-order valence-electron chi connectivity index (χ0n) is 12.2. The lowest BCUT2D eigenvalue weighted by atomic mass is 9.49. The molecule has 0 aromatic rings. The van der Waals surface area contributed by atoms with Crippen LogP contribution in [0.2, 0.25) is 0 Å². The molecule has 0 aromatic carbocycles. The van der Waals surface area contributed by atoms with Crippen LogP contribution in [0.3, 0.4) is 0 Å². The zero-order valence-corrected chi connectivity index (χ0v) is 12.2. The van der Waals surface area contributed by atoms with Gasteiger partial charge in [-0.1, -0.05) is 0 Å². The molecule has 20 heavy (non-hydrogen) atoms. The summed E-state index contributed by atoms with van der Waals surface area (Å²) in [6, 6.07) is -0.309. The van der Waals surface area contributed by atoms with Gasteiger partial charge in [-0.3, -0.25) is 9.69 Å². The number of carboxylic acid groups (broad SMARTS) is 1. The highest BCUT2D eigenvalue weighted by Gasteiger charge is 2.52. The Bertz CT molecular complexity index is 374. The fourth-order valence-corrected chi connectivity index (χ4v) is 6.09. The van der Waals surface area contributed by atoms with E-state index in [1.54, 1.807) is 0 Å². The lowest BCUT2D eigenvalue weighted by Crippen LogP contribution is -2.59. The number of carbonyl (C=O) groups is 1. The van der Waals surface area contributed by atoms with Gasteiger partial charge < -0.3 is 10.4 Å². The van der Waals surface area contributed by atoms with Crippen molar-refractivity contribution < 1.29 is 9.90 Å². The smallest absolute Gasteiger partial charge is 0.322 e. The Morgan fingerprint density at radius 2 is 1.75 bits per heavy atom. The SMILES string of the molecule is O=C(O)C1CNCCN1CC12CC3CC(CC(C3)C1)C2. The normalized spacial score (nSPS) is 47.6. The van der Waals surface area contributed by atoms with E-state index in [0.29, 0.717) is 12.0 Å². The molecule has 4 heteroatoms. The molecule has 1 saturated heterocycles.